The highest BCUT2D eigenvalue weighted by molar-refractivity contribution is 5.62. The normalized spacial score (nSPS) is 18.9. The number of alkyl halides is 3. The Morgan fingerprint density at radius 1 is 1.25 bits per heavy atom. The van der Waals surface area contributed by atoms with Gasteiger partial charge in [-0.1, -0.05) is 18.2 Å². The van der Waals surface area contributed by atoms with E-state index in [9.17, 15) is 18.3 Å². The molecule has 0 fully saturated rings. The first-order valence-corrected chi connectivity index (χ1v) is 6.39. The lowest BCUT2D eigenvalue weighted by Gasteiger charge is -2.23. The summed E-state index contributed by atoms with van der Waals surface area (Å²) in [6.45, 7) is 0. The van der Waals surface area contributed by atoms with E-state index in [0.29, 0.717) is 6.42 Å². The molecule has 1 unspecified atom stereocenters. The van der Waals surface area contributed by atoms with E-state index >= 15 is 0 Å². The second kappa shape index (κ2) is 4.63. The molecular formula is C14H13F3N2O. The van der Waals surface area contributed by atoms with Gasteiger partial charge in [-0.2, -0.15) is 13.2 Å². The molecule has 0 saturated carbocycles. The number of aliphatic hydroxyl groups is 1. The molecule has 3 nitrogen and oxygen atoms in total. The number of halogens is 3. The van der Waals surface area contributed by atoms with Gasteiger partial charge < -0.3 is 9.67 Å². The molecule has 106 valence electrons. The largest absolute Gasteiger partial charge is 0.417 e. The summed E-state index contributed by atoms with van der Waals surface area (Å²) in [5.41, 5.74) is 0.0501. The van der Waals surface area contributed by atoms with Crippen molar-refractivity contribution in [1.29, 1.82) is 0 Å². The smallest absolute Gasteiger partial charge is 0.373 e. The Labute approximate surface area is 113 Å². The highest BCUT2D eigenvalue weighted by atomic mass is 19.4. The first-order valence-electron chi connectivity index (χ1n) is 6.39. The Morgan fingerprint density at radius 2 is 2.00 bits per heavy atom. The Balaban J connectivity index is 2.18. The second-order valence-corrected chi connectivity index (χ2v) is 4.86. The number of imidazole rings is 1. The number of aryl methyl sites for hydroxylation is 1. The van der Waals surface area contributed by atoms with Crippen LogP contribution < -0.4 is 0 Å². The van der Waals surface area contributed by atoms with Crippen molar-refractivity contribution in [1.82, 2.24) is 9.55 Å². The highest BCUT2D eigenvalue weighted by Gasteiger charge is 2.35. The molecule has 1 aromatic heterocycles. The van der Waals surface area contributed by atoms with Gasteiger partial charge in [-0.15, -0.1) is 0 Å². The van der Waals surface area contributed by atoms with E-state index < -0.39 is 18.0 Å². The molecule has 1 N–H and O–H groups in total. The molecule has 0 spiro atoms. The maximum absolute atomic E-state index is 13.1. The molecule has 0 aliphatic carbocycles. The Morgan fingerprint density at radius 3 is 2.75 bits per heavy atom. The molecule has 1 aromatic carbocycles. The van der Waals surface area contributed by atoms with Crippen molar-refractivity contribution in [2.45, 2.75) is 31.7 Å². The van der Waals surface area contributed by atoms with E-state index in [1.54, 1.807) is 12.3 Å². The number of rotatable bonds is 1. The number of aliphatic hydroxyl groups excluding tert-OH is 1. The summed E-state index contributed by atoms with van der Waals surface area (Å²) >= 11 is 0. The minimum absolute atomic E-state index is 0.00667. The van der Waals surface area contributed by atoms with Crippen molar-refractivity contribution < 1.29 is 18.3 Å². The molecule has 2 heterocycles. The van der Waals surface area contributed by atoms with Gasteiger partial charge >= 0.3 is 6.18 Å². The van der Waals surface area contributed by atoms with Gasteiger partial charge in [-0.25, -0.2) is 4.98 Å². The summed E-state index contributed by atoms with van der Waals surface area (Å²) in [5.74, 6) is 0.181. The first-order chi connectivity index (χ1) is 9.48. The minimum Gasteiger partial charge on any atom is -0.373 e. The van der Waals surface area contributed by atoms with Crippen LogP contribution in [0.2, 0.25) is 0 Å². The van der Waals surface area contributed by atoms with Gasteiger partial charge in [-0.3, -0.25) is 0 Å². The number of hydrogen-bond acceptors (Lipinski definition) is 2. The van der Waals surface area contributed by atoms with Gasteiger partial charge in [0.25, 0.3) is 0 Å². The Bertz CT molecular complexity index is 634. The average molecular weight is 282 g/mol. The summed E-state index contributed by atoms with van der Waals surface area (Å²) in [6, 6.07) is 5.32. The third-order valence-electron chi connectivity index (χ3n) is 3.54. The molecule has 1 atom stereocenters. The highest BCUT2D eigenvalue weighted by Crippen LogP contribution is 2.38. The van der Waals surface area contributed by atoms with Crippen LogP contribution in [0.3, 0.4) is 0 Å². The third-order valence-corrected chi connectivity index (χ3v) is 3.54. The fourth-order valence-corrected chi connectivity index (χ4v) is 2.63. The van der Waals surface area contributed by atoms with Gasteiger partial charge in [-0.05, 0) is 25.3 Å². The van der Waals surface area contributed by atoms with E-state index in [-0.39, 0.29) is 11.4 Å². The zero-order chi connectivity index (χ0) is 14.3. The van der Waals surface area contributed by atoms with E-state index in [1.165, 1.54) is 16.7 Å². The number of aromatic nitrogens is 2. The van der Waals surface area contributed by atoms with Crippen molar-refractivity contribution in [3.63, 3.8) is 0 Å². The molecule has 3 rings (SSSR count). The summed E-state index contributed by atoms with van der Waals surface area (Å²) in [4.78, 5) is 4.10. The first kappa shape index (κ1) is 13.2. The molecule has 20 heavy (non-hydrogen) atoms. The molecule has 0 bridgehead atoms. The van der Waals surface area contributed by atoms with Crippen LogP contribution in [0.15, 0.2) is 30.5 Å². The van der Waals surface area contributed by atoms with Crippen LogP contribution in [0.25, 0.3) is 11.4 Å². The topological polar surface area (TPSA) is 38.1 Å². The van der Waals surface area contributed by atoms with Crippen molar-refractivity contribution in [2.24, 2.45) is 0 Å². The van der Waals surface area contributed by atoms with Crippen molar-refractivity contribution >= 4 is 0 Å². The monoisotopic (exact) mass is 282 g/mol. The molecule has 2 aromatic rings. The number of nitrogens with zero attached hydrogens (tertiary/aromatic N) is 2. The lowest BCUT2D eigenvalue weighted by atomic mass is 10.0. The van der Waals surface area contributed by atoms with Crippen LogP contribution in [0.5, 0.6) is 0 Å². The SMILES string of the molecule is OC1CCCc2cnc(-c3ccccc3C(F)(F)F)n21. The fourth-order valence-electron chi connectivity index (χ4n) is 2.63. The van der Waals surface area contributed by atoms with Crippen molar-refractivity contribution in [2.75, 3.05) is 0 Å². The lowest BCUT2D eigenvalue weighted by Crippen LogP contribution is -2.18. The molecule has 0 saturated heterocycles. The Kier molecular flexibility index (Phi) is 3.05. The molecule has 0 radical (unpaired) electrons. The molecule has 1 aliphatic rings. The van der Waals surface area contributed by atoms with Gasteiger partial charge in [0, 0.05) is 17.5 Å². The number of fused-ring (bicyclic) bond motifs is 1. The van der Waals surface area contributed by atoms with E-state index in [1.807, 2.05) is 0 Å². The van der Waals surface area contributed by atoms with Gasteiger partial charge in [0.05, 0.1) is 5.56 Å². The quantitative estimate of drug-likeness (QED) is 0.870. The summed E-state index contributed by atoms with van der Waals surface area (Å²) in [6.07, 6.45) is -1.64. The van der Waals surface area contributed by atoms with Crippen LogP contribution >= 0.6 is 0 Å². The second-order valence-electron chi connectivity index (χ2n) is 4.86. The maximum atomic E-state index is 13.1. The Hall–Kier alpha value is -1.82. The van der Waals surface area contributed by atoms with Gasteiger partial charge in [0.2, 0.25) is 0 Å². The number of benzene rings is 1. The van der Waals surface area contributed by atoms with E-state index in [2.05, 4.69) is 4.98 Å². The maximum Gasteiger partial charge on any atom is 0.417 e. The summed E-state index contributed by atoms with van der Waals surface area (Å²) in [5, 5.41) is 10.0. The molecule has 0 amide bonds. The average Bonchev–Trinajstić information content (AvgIpc) is 2.83. The van der Waals surface area contributed by atoms with E-state index in [0.717, 1.165) is 24.6 Å². The summed E-state index contributed by atoms with van der Waals surface area (Å²) in [7, 11) is 0. The van der Waals surface area contributed by atoms with Crippen LogP contribution in [0.1, 0.15) is 30.3 Å². The third kappa shape index (κ3) is 2.10. The van der Waals surface area contributed by atoms with Gasteiger partial charge in [0.1, 0.15) is 12.1 Å². The summed E-state index contributed by atoms with van der Waals surface area (Å²) < 4.78 is 40.7. The predicted molar refractivity (Wildman–Crippen MR) is 66.9 cm³/mol. The van der Waals surface area contributed by atoms with Crippen molar-refractivity contribution in [3.8, 4) is 11.4 Å². The predicted octanol–water partition coefficient (Wildman–Crippen LogP) is 3.40. The standard InChI is InChI=1S/C14H13F3N2O/c15-14(16,17)11-6-2-1-5-10(11)13-18-8-9-4-3-7-12(20)19(9)13/h1-2,5-6,8,12,20H,3-4,7H2. The zero-order valence-electron chi connectivity index (χ0n) is 10.6. The number of hydrogen-bond donors (Lipinski definition) is 1. The van der Waals surface area contributed by atoms with Crippen LogP contribution in [0.4, 0.5) is 13.2 Å². The van der Waals surface area contributed by atoms with Crippen molar-refractivity contribution in [3.05, 3.63) is 41.7 Å². The molecule has 1 aliphatic heterocycles. The molecular weight excluding hydrogens is 269 g/mol. The minimum atomic E-state index is -4.44. The van der Waals surface area contributed by atoms with E-state index in [4.69, 9.17) is 0 Å². The molecule has 6 heteroatoms. The van der Waals surface area contributed by atoms with Crippen LogP contribution in [-0.2, 0) is 12.6 Å². The van der Waals surface area contributed by atoms with Crippen LogP contribution in [-0.4, -0.2) is 14.7 Å². The fraction of sp³-hybridized carbons (Fsp3) is 0.357. The van der Waals surface area contributed by atoms with Gasteiger partial charge in [0.15, 0.2) is 0 Å². The van der Waals surface area contributed by atoms with Crippen LogP contribution in [0, 0.1) is 0 Å². The lowest BCUT2D eigenvalue weighted by molar-refractivity contribution is -0.137. The zero-order valence-corrected chi connectivity index (χ0v) is 10.6.